The van der Waals surface area contributed by atoms with E-state index >= 15 is 0 Å². The second-order valence-electron chi connectivity index (χ2n) is 5.19. The van der Waals surface area contributed by atoms with Crippen LogP contribution in [0.15, 0.2) is 54.7 Å². The molecule has 0 saturated carbocycles. The zero-order chi connectivity index (χ0) is 15.8. The Morgan fingerprint density at radius 1 is 1.13 bits per heavy atom. The lowest BCUT2D eigenvalue weighted by Gasteiger charge is -2.09. The Kier molecular flexibility index (Phi) is 2.95. The predicted molar refractivity (Wildman–Crippen MR) is 90.2 cm³/mol. The first-order chi connectivity index (χ1) is 11.3. The van der Waals surface area contributed by atoms with E-state index in [4.69, 9.17) is 5.26 Å². The molecular formula is C18H13N5. The average Bonchev–Trinajstić information content (AvgIpc) is 3.06. The van der Waals surface area contributed by atoms with E-state index in [1.54, 1.807) is 6.07 Å². The SMILES string of the molecule is CNc1nc2ccccc2n2c(-c3cccc(C#N)c3)cnc12. The number of hydrogen-bond acceptors (Lipinski definition) is 4. The highest BCUT2D eigenvalue weighted by Gasteiger charge is 2.14. The van der Waals surface area contributed by atoms with Crippen LogP contribution < -0.4 is 5.32 Å². The lowest BCUT2D eigenvalue weighted by molar-refractivity contribution is 1.20. The summed E-state index contributed by atoms with van der Waals surface area (Å²) < 4.78 is 2.07. The minimum Gasteiger partial charge on any atom is -0.370 e. The van der Waals surface area contributed by atoms with E-state index in [-0.39, 0.29) is 0 Å². The zero-order valence-corrected chi connectivity index (χ0v) is 12.5. The fourth-order valence-corrected chi connectivity index (χ4v) is 2.80. The van der Waals surface area contributed by atoms with Crippen molar-refractivity contribution in [3.05, 3.63) is 60.3 Å². The number of hydrogen-bond donors (Lipinski definition) is 1. The molecule has 2 aromatic carbocycles. The number of nitriles is 1. The van der Waals surface area contributed by atoms with Crippen LogP contribution in [0, 0.1) is 11.3 Å². The first-order valence-corrected chi connectivity index (χ1v) is 7.26. The fraction of sp³-hybridized carbons (Fsp3) is 0.0556. The molecule has 0 amide bonds. The summed E-state index contributed by atoms with van der Waals surface area (Å²) in [6.45, 7) is 0. The van der Waals surface area contributed by atoms with E-state index in [1.165, 1.54) is 0 Å². The van der Waals surface area contributed by atoms with Crippen molar-refractivity contribution in [3.63, 3.8) is 0 Å². The summed E-state index contributed by atoms with van der Waals surface area (Å²) >= 11 is 0. The normalized spacial score (nSPS) is 10.8. The topological polar surface area (TPSA) is 66.0 Å². The molecule has 23 heavy (non-hydrogen) atoms. The monoisotopic (exact) mass is 299 g/mol. The van der Waals surface area contributed by atoms with Gasteiger partial charge in [0.25, 0.3) is 0 Å². The van der Waals surface area contributed by atoms with Crippen molar-refractivity contribution in [2.24, 2.45) is 0 Å². The van der Waals surface area contributed by atoms with Crippen molar-refractivity contribution in [3.8, 4) is 17.3 Å². The highest BCUT2D eigenvalue weighted by Crippen LogP contribution is 2.28. The second-order valence-corrected chi connectivity index (χ2v) is 5.19. The van der Waals surface area contributed by atoms with E-state index in [0.29, 0.717) is 5.56 Å². The molecule has 0 aliphatic carbocycles. The number of anilines is 1. The van der Waals surface area contributed by atoms with Crippen molar-refractivity contribution < 1.29 is 0 Å². The molecule has 0 atom stereocenters. The number of fused-ring (bicyclic) bond motifs is 3. The van der Waals surface area contributed by atoms with E-state index in [1.807, 2.05) is 55.7 Å². The number of benzene rings is 2. The lowest BCUT2D eigenvalue weighted by Crippen LogP contribution is -2.00. The summed E-state index contributed by atoms with van der Waals surface area (Å²) in [5.41, 5.74) is 5.16. The van der Waals surface area contributed by atoms with Crippen LogP contribution in [0.4, 0.5) is 5.82 Å². The molecule has 4 rings (SSSR count). The van der Waals surface area contributed by atoms with Crippen molar-refractivity contribution >= 4 is 22.5 Å². The Hall–Kier alpha value is -3.39. The molecule has 110 valence electrons. The molecule has 0 fully saturated rings. The van der Waals surface area contributed by atoms with Crippen LogP contribution in [-0.2, 0) is 0 Å². The van der Waals surface area contributed by atoms with Gasteiger partial charge in [-0.1, -0.05) is 24.3 Å². The Labute approximate surface area is 132 Å². The largest absolute Gasteiger partial charge is 0.370 e. The Morgan fingerprint density at radius 2 is 2.00 bits per heavy atom. The van der Waals surface area contributed by atoms with Gasteiger partial charge in [-0.2, -0.15) is 5.26 Å². The average molecular weight is 299 g/mol. The van der Waals surface area contributed by atoms with Crippen LogP contribution in [0.2, 0.25) is 0 Å². The summed E-state index contributed by atoms with van der Waals surface area (Å²) in [5, 5.41) is 12.2. The van der Waals surface area contributed by atoms with Crippen molar-refractivity contribution in [2.75, 3.05) is 12.4 Å². The highest BCUT2D eigenvalue weighted by atomic mass is 15.1. The molecule has 0 aliphatic rings. The molecule has 4 aromatic rings. The Bertz CT molecular complexity index is 1070. The molecule has 2 aromatic heterocycles. The third-order valence-electron chi connectivity index (χ3n) is 3.85. The van der Waals surface area contributed by atoms with Gasteiger partial charge in [0.15, 0.2) is 11.5 Å². The van der Waals surface area contributed by atoms with Crippen molar-refractivity contribution in [1.82, 2.24) is 14.4 Å². The molecule has 0 bridgehead atoms. The Morgan fingerprint density at radius 3 is 2.83 bits per heavy atom. The first-order valence-electron chi connectivity index (χ1n) is 7.26. The molecule has 0 aliphatic heterocycles. The molecule has 5 nitrogen and oxygen atoms in total. The van der Waals surface area contributed by atoms with Crippen LogP contribution in [0.1, 0.15) is 5.56 Å². The molecule has 0 unspecified atom stereocenters. The molecule has 5 heteroatoms. The second kappa shape index (κ2) is 5.11. The third-order valence-corrected chi connectivity index (χ3v) is 3.85. The van der Waals surface area contributed by atoms with Gasteiger partial charge in [-0.15, -0.1) is 0 Å². The fourth-order valence-electron chi connectivity index (χ4n) is 2.80. The van der Waals surface area contributed by atoms with Gasteiger partial charge in [0, 0.05) is 12.6 Å². The maximum Gasteiger partial charge on any atom is 0.181 e. The van der Waals surface area contributed by atoms with E-state index in [2.05, 4.69) is 25.8 Å². The number of rotatable bonds is 2. The quantitative estimate of drug-likeness (QED) is 0.615. The molecule has 0 saturated heterocycles. The number of para-hydroxylation sites is 2. The van der Waals surface area contributed by atoms with Gasteiger partial charge >= 0.3 is 0 Å². The summed E-state index contributed by atoms with van der Waals surface area (Å²) in [6.07, 6.45) is 1.82. The van der Waals surface area contributed by atoms with Crippen LogP contribution >= 0.6 is 0 Å². The lowest BCUT2D eigenvalue weighted by atomic mass is 10.1. The Balaban J connectivity index is 2.12. The number of aromatic nitrogens is 3. The number of nitrogens with zero attached hydrogens (tertiary/aromatic N) is 4. The third kappa shape index (κ3) is 2.00. The molecule has 0 spiro atoms. The number of nitrogens with one attached hydrogen (secondary N) is 1. The summed E-state index contributed by atoms with van der Waals surface area (Å²) in [7, 11) is 1.84. The molecule has 0 radical (unpaired) electrons. The van der Waals surface area contributed by atoms with Gasteiger partial charge in [0.1, 0.15) is 0 Å². The van der Waals surface area contributed by atoms with Crippen molar-refractivity contribution in [2.45, 2.75) is 0 Å². The van der Waals surface area contributed by atoms with Crippen LogP contribution in [0.5, 0.6) is 0 Å². The van der Waals surface area contributed by atoms with Gasteiger partial charge in [0.2, 0.25) is 0 Å². The maximum atomic E-state index is 9.13. The number of imidazole rings is 1. The maximum absolute atomic E-state index is 9.13. The molecular weight excluding hydrogens is 286 g/mol. The van der Waals surface area contributed by atoms with Crippen LogP contribution in [0.3, 0.4) is 0 Å². The minimum atomic E-state index is 0.629. The summed E-state index contributed by atoms with van der Waals surface area (Å²) in [6, 6.07) is 17.7. The summed E-state index contributed by atoms with van der Waals surface area (Å²) in [4.78, 5) is 9.14. The molecule has 2 heterocycles. The zero-order valence-electron chi connectivity index (χ0n) is 12.5. The first kappa shape index (κ1) is 13.3. The van der Waals surface area contributed by atoms with Gasteiger partial charge in [-0.25, -0.2) is 9.97 Å². The highest BCUT2D eigenvalue weighted by molar-refractivity contribution is 5.86. The van der Waals surface area contributed by atoms with E-state index < -0.39 is 0 Å². The summed E-state index contributed by atoms with van der Waals surface area (Å²) in [5.74, 6) is 0.728. The minimum absolute atomic E-state index is 0.629. The predicted octanol–water partition coefficient (Wildman–Crippen LogP) is 3.46. The van der Waals surface area contributed by atoms with Crippen molar-refractivity contribution in [1.29, 1.82) is 5.26 Å². The van der Waals surface area contributed by atoms with Gasteiger partial charge in [-0.05, 0) is 24.3 Å². The standard InChI is InChI=1S/C18H13N5/c1-20-17-18-21-11-16(13-6-4-5-12(9-13)10-19)23(18)15-8-3-2-7-14(15)22-17/h2-9,11H,1H3,(H,20,22). The van der Waals surface area contributed by atoms with E-state index in [0.717, 1.165) is 33.8 Å². The van der Waals surface area contributed by atoms with Gasteiger partial charge in [-0.3, -0.25) is 4.40 Å². The molecule has 1 N–H and O–H groups in total. The van der Waals surface area contributed by atoms with Crippen LogP contribution in [0.25, 0.3) is 27.9 Å². The van der Waals surface area contributed by atoms with Crippen LogP contribution in [-0.4, -0.2) is 21.4 Å². The smallest absolute Gasteiger partial charge is 0.181 e. The van der Waals surface area contributed by atoms with Gasteiger partial charge in [0.05, 0.1) is 34.6 Å². The van der Waals surface area contributed by atoms with E-state index in [9.17, 15) is 0 Å². The van der Waals surface area contributed by atoms with Gasteiger partial charge < -0.3 is 5.32 Å².